The molecule has 0 aromatic carbocycles. The van der Waals surface area contributed by atoms with Crippen molar-refractivity contribution in [3.63, 3.8) is 0 Å². The number of fused-ring (bicyclic) bond motifs is 1. The van der Waals surface area contributed by atoms with E-state index in [9.17, 15) is 9.59 Å². The van der Waals surface area contributed by atoms with Crippen molar-refractivity contribution in [2.24, 2.45) is 5.92 Å². The van der Waals surface area contributed by atoms with Gasteiger partial charge in [-0.2, -0.15) is 0 Å². The largest absolute Gasteiger partial charge is 0.369 e. The Kier molecular flexibility index (Phi) is 5.67. The van der Waals surface area contributed by atoms with Crippen molar-refractivity contribution in [1.29, 1.82) is 0 Å². The molecule has 0 spiro atoms. The lowest BCUT2D eigenvalue weighted by Crippen LogP contribution is -2.34. The van der Waals surface area contributed by atoms with E-state index in [1.807, 2.05) is 19.9 Å². The number of carbonyl (C=O) groups is 1. The molecule has 0 atom stereocenters. The number of nitrogens with one attached hydrogen (secondary N) is 1. The van der Waals surface area contributed by atoms with Gasteiger partial charge in [-0.05, 0) is 38.0 Å². The third kappa shape index (κ3) is 3.91. The van der Waals surface area contributed by atoms with Crippen LogP contribution in [0.3, 0.4) is 0 Å². The van der Waals surface area contributed by atoms with Gasteiger partial charge in [0.1, 0.15) is 15.8 Å². The lowest BCUT2D eigenvalue weighted by atomic mass is 10.2. The zero-order valence-corrected chi connectivity index (χ0v) is 17.4. The Hall–Kier alpha value is -2.19. The molecule has 27 heavy (non-hydrogen) atoms. The molecule has 2 aromatic rings. The molecule has 1 saturated heterocycles. The molecule has 1 fully saturated rings. The summed E-state index contributed by atoms with van der Waals surface area (Å²) in [4.78, 5) is 32.4. The summed E-state index contributed by atoms with van der Waals surface area (Å²) < 4.78 is 1.99. The minimum atomic E-state index is -0.221. The third-order valence-corrected chi connectivity index (χ3v) is 5.39. The van der Waals surface area contributed by atoms with Crippen molar-refractivity contribution in [3.8, 4) is 0 Å². The highest BCUT2D eigenvalue weighted by Crippen LogP contribution is 2.34. The monoisotopic (exact) mass is 402 g/mol. The molecule has 1 aliphatic rings. The molecule has 142 valence electrons. The summed E-state index contributed by atoms with van der Waals surface area (Å²) in [6.45, 7) is 8.65. The Balaban J connectivity index is 2.13. The van der Waals surface area contributed by atoms with Crippen molar-refractivity contribution < 1.29 is 4.79 Å². The van der Waals surface area contributed by atoms with Gasteiger partial charge in [0.05, 0.1) is 10.5 Å². The van der Waals surface area contributed by atoms with Gasteiger partial charge in [0.25, 0.3) is 11.5 Å². The number of anilines is 1. The van der Waals surface area contributed by atoms with Crippen LogP contribution in [0.15, 0.2) is 34.1 Å². The van der Waals surface area contributed by atoms with E-state index in [1.54, 1.807) is 29.3 Å². The fourth-order valence-electron chi connectivity index (χ4n) is 2.72. The average molecular weight is 403 g/mol. The molecule has 8 heteroatoms. The average Bonchev–Trinajstić information content (AvgIpc) is 2.89. The van der Waals surface area contributed by atoms with Crippen LogP contribution in [0, 0.1) is 5.92 Å². The number of pyridine rings is 1. The van der Waals surface area contributed by atoms with Crippen molar-refractivity contribution in [1.82, 2.24) is 14.3 Å². The Bertz CT molecular complexity index is 995. The molecule has 1 aliphatic heterocycles. The lowest BCUT2D eigenvalue weighted by molar-refractivity contribution is -0.123. The Labute approximate surface area is 167 Å². The Morgan fingerprint density at radius 3 is 2.63 bits per heavy atom. The maximum atomic E-state index is 13.1. The zero-order valence-electron chi connectivity index (χ0n) is 15.7. The maximum Gasteiger partial charge on any atom is 0.267 e. The van der Waals surface area contributed by atoms with Crippen LogP contribution in [-0.2, 0) is 4.79 Å². The van der Waals surface area contributed by atoms with Gasteiger partial charge in [-0.1, -0.05) is 43.9 Å². The molecule has 6 nitrogen and oxygen atoms in total. The fraction of sp³-hybridized carbons (Fsp3) is 0.368. The molecule has 3 heterocycles. The third-order valence-electron chi connectivity index (χ3n) is 4.06. The van der Waals surface area contributed by atoms with E-state index < -0.39 is 0 Å². The smallest absolute Gasteiger partial charge is 0.267 e. The van der Waals surface area contributed by atoms with Crippen LogP contribution < -0.4 is 10.9 Å². The van der Waals surface area contributed by atoms with Gasteiger partial charge in [-0.25, -0.2) is 4.98 Å². The van der Waals surface area contributed by atoms with E-state index in [0.717, 1.165) is 0 Å². The van der Waals surface area contributed by atoms with Crippen LogP contribution in [0.2, 0.25) is 0 Å². The first kappa shape index (κ1) is 19.6. The van der Waals surface area contributed by atoms with Gasteiger partial charge in [0, 0.05) is 18.8 Å². The van der Waals surface area contributed by atoms with E-state index in [1.165, 1.54) is 16.2 Å². The molecule has 3 rings (SSSR count). The molecular formula is C19H22N4O2S2. The predicted molar refractivity (Wildman–Crippen MR) is 115 cm³/mol. The standard InChI is InChI=1S/C19H22N4O2S2/c1-11(2)10-20-16-13(17(24)22-8-6-5-7-15(22)21-16)9-14-18(25)23(12(3)4)19(26)27-14/h5-9,11-12,20H,10H2,1-4H3/b14-9-. The second kappa shape index (κ2) is 7.82. The molecule has 0 aliphatic carbocycles. The summed E-state index contributed by atoms with van der Waals surface area (Å²) >= 11 is 6.55. The number of thioether (sulfide) groups is 1. The number of thiocarbonyl (C=S) groups is 1. The first-order valence-corrected chi connectivity index (χ1v) is 10.0. The van der Waals surface area contributed by atoms with Gasteiger partial charge >= 0.3 is 0 Å². The highest BCUT2D eigenvalue weighted by molar-refractivity contribution is 8.26. The molecule has 0 saturated carbocycles. The van der Waals surface area contributed by atoms with Crippen molar-refractivity contribution >= 4 is 51.7 Å². The topological polar surface area (TPSA) is 66.7 Å². The molecule has 0 bridgehead atoms. The lowest BCUT2D eigenvalue weighted by Gasteiger charge is -2.18. The molecule has 0 unspecified atom stereocenters. The minimum Gasteiger partial charge on any atom is -0.369 e. The summed E-state index contributed by atoms with van der Waals surface area (Å²) in [6, 6.07) is 5.36. The van der Waals surface area contributed by atoms with Crippen LogP contribution >= 0.6 is 24.0 Å². The van der Waals surface area contributed by atoms with Gasteiger partial charge in [-0.15, -0.1) is 0 Å². The van der Waals surface area contributed by atoms with Crippen LogP contribution in [0.1, 0.15) is 33.3 Å². The molecular weight excluding hydrogens is 380 g/mol. The van der Waals surface area contributed by atoms with Gasteiger partial charge in [-0.3, -0.25) is 18.9 Å². The predicted octanol–water partition coefficient (Wildman–Crippen LogP) is 3.37. The first-order valence-electron chi connectivity index (χ1n) is 8.82. The number of hydrogen-bond acceptors (Lipinski definition) is 6. The second-order valence-electron chi connectivity index (χ2n) is 7.03. The fourth-order valence-corrected chi connectivity index (χ4v) is 4.23. The number of rotatable bonds is 5. The summed E-state index contributed by atoms with van der Waals surface area (Å²) in [7, 11) is 0. The first-order chi connectivity index (χ1) is 12.8. The molecule has 2 aromatic heterocycles. The normalized spacial score (nSPS) is 16.4. The van der Waals surface area contributed by atoms with Gasteiger partial charge in [0.15, 0.2) is 0 Å². The van der Waals surface area contributed by atoms with E-state index >= 15 is 0 Å². The number of carbonyl (C=O) groups excluding carboxylic acids is 1. The molecule has 1 amide bonds. The number of nitrogens with zero attached hydrogens (tertiary/aromatic N) is 3. The van der Waals surface area contributed by atoms with Crippen LogP contribution in [0.4, 0.5) is 5.82 Å². The molecule has 0 radical (unpaired) electrons. The van der Waals surface area contributed by atoms with Crippen molar-refractivity contribution in [2.75, 3.05) is 11.9 Å². The highest BCUT2D eigenvalue weighted by Gasteiger charge is 2.34. The van der Waals surface area contributed by atoms with E-state index in [-0.39, 0.29) is 17.5 Å². The maximum absolute atomic E-state index is 13.1. The van der Waals surface area contributed by atoms with Gasteiger partial charge in [0.2, 0.25) is 0 Å². The van der Waals surface area contributed by atoms with E-state index in [0.29, 0.717) is 38.7 Å². The Morgan fingerprint density at radius 1 is 1.26 bits per heavy atom. The summed E-state index contributed by atoms with van der Waals surface area (Å²) in [6.07, 6.45) is 3.28. The summed E-state index contributed by atoms with van der Waals surface area (Å²) in [5.41, 5.74) is 0.700. The van der Waals surface area contributed by atoms with Crippen LogP contribution in [0.25, 0.3) is 11.7 Å². The molecule has 1 N–H and O–H groups in total. The minimum absolute atomic E-state index is 0.0299. The number of amides is 1. The zero-order chi connectivity index (χ0) is 19.7. The van der Waals surface area contributed by atoms with Crippen molar-refractivity contribution in [3.05, 3.63) is 45.2 Å². The summed E-state index contributed by atoms with van der Waals surface area (Å²) in [5.74, 6) is 0.690. The SMILES string of the molecule is CC(C)CNc1nc2ccccn2c(=O)c1/C=C1\SC(=S)N(C(C)C)C1=O. The quantitative estimate of drug-likeness (QED) is 0.611. The highest BCUT2D eigenvalue weighted by atomic mass is 32.2. The van der Waals surface area contributed by atoms with Crippen LogP contribution in [0.5, 0.6) is 0 Å². The second-order valence-corrected chi connectivity index (χ2v) is 8.70. The van der Waals surface area contributed by atoms with E-state index in [2.05, 4.69) is 24.1 Å². The number of aromatic nitrogens is 2. The number of hydrogen-bond donors (Lipinski definition) is 1. The summed E-state index contributed by atoms with van der Waals surface area (Å²) in [5, 5.41) is 3.24. The van der Waals surface area contributed by atoms with Crippen LogP contribution in [-0.4, -0.2) is 37.1 Å². The Morgan fingerprint density at radius 2 is 2.00 bits per heavy atom. The van der Waals surface area contributed by atoms with Crippen molar-refractivity contribution in [2.45, 2.75) is 33.7 Å². The van der Waals surface area contributed by atoms with E-state index in [4.69, 9.17) is 12.2 Å². The van der Waals surface area contributed by atoms with Gasteiger partial charge < -0.3 is 5.32 Å².